The standard InChI is InChI=1S/C10H19FN2/c1-10(11)4-7-13(8-10)9-2-5-12-6-3-9/h9,12H,2-8H2,1H3. The van der Waals surface area contributed by atoms with Crippen LogP contribution in [0.5, 0.6) is 0 Å². The van der Waals surface area contributed by atoms with E-state index in [9.17, 15) is 4.39 Å². The quantitative estimate of drug-likeness (QED) is 0.661. The number of nitrogens with zero attached hydrogens (tertiary/aromatic N) is 1. The predicted molar refractivity (Wildman–Crippen MR) is 51.6 cm³/mol. The maximum absolute atomic E-state index is 13.6. The summed E-state index contributed by atoms with van der Waals surface area (Å²) < 4.78 is 13.6. The van der Waals surface area contributed by atoms with Crippen molar-refractivity contribution in [2.45, 2.75) is 37.9 Å². The average Bonchev–Trinajstić information content (AvgIpc) is 2.48. The molecule has 2 fully saturated rings. The molecule has 0 bridgehead atoms. The van der Waals surface area contributed by atoms with Crippen LogP contribution in [0, 0.1) is 0 Å². The van der Waals surface area contributed by atoms with E-state index in [-0.39, 0.29) is 0 Å². The fourth-order valence-electron chi connectivity index (χ4n) is 2.44. The molecule has 0 aromatic carbocycles. The van der Waals surface area contributed by atoms with Gasteiger partial charge in [-0.3, -0.25) is 4.90 Å². The first-order valence-electron chi connectivity index (χ1n) is 5.31. The highest BCUT2D eigenvalue weighted by Gasteiger charge is 2.36. The van der Waals surface area contributed by atoms with Gasteiger partial charge in [0, 0.05) is 19.1 Å². The molecule has 0 aromatic heterocycles. The van der Waals surface area contributed by atoms with Gasteiger partial charge in [-0.1, -0.05) is 0 Å². The maximum Gasteiger partial charge on any atom is 0.122 e. The fraction of sp³-hybridized carbons (Fsp3) is 1.00. The second kappa shape index (κ2) is 3.54. The number of rotatable bonds is 1. The van der Waals surface area contributed by atoms with Gasteiger partial charge in [0.2, 0.25) is 0 Å². The minimum Gasteiger partial charge on any atom is -0.317 e. The zero-order chi connectivity index (χ0) is 9.31. The Morgan fingerprint density at radius 1 is 1.38 bits per heavy atom. The molecule has 3 heteroatoms. The van der Waals surface area contributed by atoms with Crippen LogP contribution in [0.2, 0.25) is 0 Å². The molecule has 13 heavy (non-hydrogen) atoms. The van der Waals surface area contributed by atoms with E-state index in [4.69, 9.17) is 0 Å². The van der Waals surface area contributed by atoms with E-state index in [0.717, 1.165) is 26.1 Å². The van der Waals surface area contributed by atoms with Crippen LogP contribution in [0.4, 0.5) is 4.39 Å². The first-order chi connectivity index (χ1) is 6.17. The molecule has 2 rings (SSSR count). The number of piperidine rings is 1. The summed E-state index contributed by atoms with van der Waals surface area (Å²) in [5, 5.41) is 3.34. The van der Waals surface area contributed by atoms with Gasteiger partial charge in [-0.05, 0) is 39.3 Å². The lowest BCUT2D eigenvalue weighted by Crippen LogP contribution is -2.42. The molecule has 2 aliphatic rings. The Morgan fingerprint density at radius 2 is 2.08 bits per heavy atom. The SMILES string of the molecule is CC1(F)CCN(C2CCNCC2)C1. The van der Waals surface area contributed by atoms with E-state index >= 15 is 0 Å². The average molecular weight is 186 g/mol. The van der Waals surface area contributed by atoms with E-state index in [2.05, 4.69) is 10.2 Å². The lowest BCUT2D eigenvalue weighted by molar-refractivity contribution is 0.147. The second-order valence-electron chi connectivity index (χ2n) is 4.61. The molecule has 0 saturated carbocycles. The monoisotopic (exact) mass is 186 g/mol. The topological polar surface area (TPSA) is 15.3 Å². The highest BCUT2D eigenvalue weighted by molar-refractivity contribution is 4.91. The zero-order valence-electron chi connectivity index (χ0n) is 8.35. The molecule has 0 radical (unpaired) electrons. The molecule has 2 saturated heterocycles. The van der Waals surface area contributed by atoms with Gasteiger partial charge in [0.25, 0.3) is 0 Å². The number of alkyl halides is 1. The van der Waals surface area contributed by atoms with Crippen LogP contribution in [0.3, 0.4) is 0 Å². The molecular formula is C10H19FN2. The molecule has 0 spiro atoms. The molecule has 0 aliphatic carbocycles. The minimum atomic E-state index is -0.926. The van der Waals surface area contributed by atoms with E-state index in [1.54, 1.807) is 6.92 Å². The van der Waals surface area contributed by atoms with E-state index in [0.29, 0.717) is 12.6 Å². The van der Waals surface area contributed by atoms with Crippen molar-refractivity contribution in [2.75, 3.05) is 26.2 Å². The number of hydrogen-bond acceptors (Lipinski definition) is 2. The summed E-state index contributed by atoms with van der Waals surface area (Å²) >= 11 is 0. The molecule has 2 aliphatic heterocycles. The third-order valence-electron chi connectivity index (χ3n) is 3.28. The van der Waals surface area contributed by atoms with Gasteiger partial charge in [-0.25, -0.2) is 4.39 Å². The summed E-state index contributed by atoms with van der Waals surface area (Å²) in [4.78, 5) is 2.33. The van der Waals surface area contributed by atoms with Crippen molar-refractivity contribution in [1.82, 2.24) is 10.2 Å². The summed E-state index contributed by atoms with van der Waals surface area (Å²) in [6.45, 7) is 5.54. The van der Waals surface area contributed by atoms with Crippen molar-refractivity contribution in [3.8, 4) is 0 Å². The van der Waals surface area contributed by atoms with Crippen molar-refractivity contribution in [3.05, 3.63) is 0 Å². The highest BCUT2D eigenvalue weighted by Crippen LogP contribution is 2.28. The maximum atomic E-state index is 13.6. The normalized spacial score (nSPS) is 38.3. The molecule has 1 unspecified atom stereocenters. The molecule has 0 aromatic rings. The van der Waals surface area contributed by atoms with Crippen LogP contribution < -0.4 is 5.32 Å². The number of nitrogens with one attached hydrogen (secondary N) is 1. The molecule has 76 valence electrons. The Bertz CT molecular complexity index is 176. The zero-order valence-corrected chi connectivity index (χ0v) is 8.35. The number of likely N-dealkylation sites (tertiary alicyclic amines) is 1. The van der Waals surface area contributed by atoms with Crippen LogP contribution in [0.25, 0.3) is 0 Å². The lowest BCUT2D eigenvalue weighted by Gasteiger charge is -2.31. The Balaban J connectivity index is 1.87. The summed E-state index contributed by atoms with van der Waals surface area (Å²) in [5.41, 5.74) is -0.926. The Labute approximate surface area is 79.5 Å². The summed E-state index contributed by atoms with van der Waals surface area (Å²) in [6, 6.07) is 0.638. The van der Waals surface area contributed by atoms with E-state index in [1.807, 2.05) is 0 Å². The fourth-order valence-corrected chi connectivity index (χ4v) is 2.44. The Morgan fingerprint density at radius 3 is 2.62 bits per heavy atom. The molecule has 2 heterocycles. The molecule has 0 amide bonds. The van der Waals surface area contributed by atoms with Crippen molar-refractivity contribution in [2.24, 2.45) is 0 Å². The van der Waals surface area contributed by atoms with Crippen molar-refractivity contribution in [1.29, 1.82) is 0 Å². The molecule has 2 nitrogen and oxygen atoms in total. The molecular weight excluding hydrogens is 167 g/mol. The molecule has 1 atom stereocenters. The Hall–Kier alpha value is -0.150. The van der Waals surface area contributed by atoms with Crippen LogP contribution in [-0.2, 0) is 0 Å². The van der Waals surface area contributed by atoms with Crippen molar-refractivity contribution >= 4 is 0 Å². The van der Waals surface area contributed by atoms with Crippen molar-refractivity contribution < 1.29 is 4.39 Å². The third-order valence-corrected chi connectivity index (χ3v) is 3.28. The van der Waals surface area contributed by atoms with Gasteiger partial charge < -0.3 is 5.32 Å². The van der Waals surface area contributed by atoms with E-state index in [1.165, 1.54) is 12.8 Å². The molecule has 1 N–H and O–H groups in total. The smallest absolute Gasteiger partial charge is 0.122 e. The van der Waals surface area contributed by atoms with Crippen LogP contribution in [0.1, 0.15) is 26.2 Å². The first kappa shape index (κ1) is 9.41. The summed E-state index contributed by atoms with van der Waals surface area (Å²) in [5.74, 6) is 0. The van der Waals surface area contributed by atoms with Gasteiger partial charge in [-0.15, -0.1) is 0 Å². The van der Waals surface area contributed by atoms with Crippen LogP contribution in [-0.4, -0.2) is 42.8 Å². The third kappa shape index (κ3) is 2.20. The number of hydrogen-bond donors (Lipinski definition) is 1. The van der Waals surface area contributed by atoms with Gasteiger partial charge in [0.1, 0.15) is 5.67 Å². The lowest BCUT2D eigenvalue weighted by atomic mass is 10.1. The van der Waals surface area contributed by atoms with Crippen LogP contribution >= 0.6 is 0 Å². The van der Waals surface area contributed by atoms with Gasteiger partial charge in [-0.2, -0.15) is 0 Å². The second-order valence-corrected chi connectivity index (χ2v) is 4.61. The summed E-state index contributed by atoms with van der Waals surface area (Å²) in [7, 11) is 0. The van der Waals surface area contributed by atoms with Gasteiger partial charge in [0.05, 0.1) is 0 Å². The first-order valence-corrected chi connectivity index (χ1v) is 5.31. The van der Waals surface area contributed by atoms with Gasteiger partial charge in [0.15, 0.2) is 0 Å². The van der Waals surface area contributed by atoms with Crippen molar-refractivity contribution in [3.63, 3.8) is 0 Å². The number of halogens is 1. The van der Waals surface area contributed by atoms with E-state index < -0.39 is 5.67 Å². The summed E-state index contributed by atoms with van der Waals surface area (Å²) in [6.07, 6.45) is 3.10. The highest BCUT2D eigenvalue weighted by atomic mass is 19.1. The van der Waals surface area contributed by atoms with Gasteiger partial charge >= 0.3 is 0 Å². The minimum absolute atomic E-state index is 0.638. The van der Waals surface area contributed by atoms with Crippen LogP contribution in [0.15, 0.2) is 0 Å². The largest absolute Gasteiger partial charge is 0.317 e. The predicted octanol–water partition coefficient (Wildman–Crippen LogP) is 1.17. The Kier molecular flexibility index (Phi) is 2.56.